The van der Waals surface area contributed by atoms with Crippen molar-refractivity contribution in [1.29, 1.82) is 0 Å². The van der Waals surface area contributed by atoms with Gasteiger partial charge in [0.15, 0.2) is 0 Å². The first-order valence-electron chi connectivity index (χ1n) is 5.52. The summed E-state index contributed by atoms with van der Waals surface area (Å²) < 4.78 is 5.08. The number of carbonyl (C=O) groups excluding carboxylic acids is 2. The van der Waals surface area contributed by atoms with E-state index in [0.29, 0.717) is 6.42 Å². The molecule has 0 fully saturated rings. The smallest absolute Gasteiger partial charge is 0.234 e. The van der Waals surface area contributed by atoms with Crippen LogP contribution in [0.5, 0.6) is 0 Å². The summed E-state index contributed by atoms with van der Waals surface area (Å²) in [6.45, 7) is 0.442. The van der Waals surface area contributed by atoms with Crippen LogP contribution in [0.4, 0.5) is 0 Å². The van der Waals surface area contributed by atoms with Crippen LogP contribution in [0.3, 0.4) is 0 Å². The average Bonchev–Trinajstić information content (AvgIpc) is 2.27. The van der Waals surface area contributed by atoms with E-state index in [4.69, 9.17) is 9.84 Å². The van der Waals surface area contributed by atoms with E-state index in [2.05, 4.69) is 0 Å². The van der Waals surface area contributed by atoms with Crippen molar-refractivity contribution in [3.05, 3.63) is 0 Å². The van der Waals surface area contributed by atoms with E-state index in [9.17, 15) is 9.59 Å². The van der Waals surface area contributed by atoms with Crippen molar-refractivity contribution in [2.75, 3.05) is 48.0 Å². The molecule has 0 unspecified atom stereocenters. The van der Waals surface area contributed by atoms with Crippen LogP contribution >= 0.6 is 0 Å². The summed E-state index contributed by atoms with van der Waals surface area (Å²) in [7, 11) is 6.47. The number of rotatable bonds is 7. The summed E-state index contributed by atoms with van der Waals surface area (Å²) in [5.41, 5.74) is 0. The lowest BCUT2D eigenvalue weighted by Crippen LogP contribution is -2.41. The van der Waals surface area contributed by atoms with Gasteiger partial charge in [0.05, 0.1) is 13.2 Å². The van der Waals surface area contributed by atoms with Crippen LogP contribution in [0.15, 0.2) is 0 Å². The molecule has 0 rings (SSSR count). The molecule has 0 saturated carbocycles. The Hall–Kier alpha value is -1.14. The predicted octanol–water partition coefficient (Wildman–Crippen LogP) is -0.822. The van der Waals surface area contributed by atoms with Crippen LogP contribution in [-0.2, 0) is 14.3 Å². The molecule has 0 aliphatic carbocycles. The second kappa shape index (κ2) is 8.03. The monoisotopic (exact) mass is 246 g/mol. The van der Waals surface area contributed by atoms with E-state index in [1.165, 1.54) is 9.80 Å². The molecule has 6 heteroatoms. The van der Waals surface area contributed by atoms with Gasteiger partial charge < -0.3 is 19.6 Å². The van der Waals surface area contributed by atoms with Crippen LogP contribution in [0.1, 0.15) is 6.42 Å². The van der Waals surface area contributed by atoms with Crippen LogP contribution < -0.4 is 0 Å². The standard InChI is InChI=1S/C11H22N2O4/c1-12(2)10(15)9(11(16)13(3)4)5-7-17-8-6-14/h9,14H,5-8H2,1-4H3. The number of hydrogen-bond acceptors (Lipinski definition) is 4. The lowest BCUT2D eigenvalue weighted by molar-refractivity contribution is -0.145. The van der Waals surface area contributed by atoms with Gasteiger partial charge >= 0.3 is 0 Å². The van der Waals surface area contributed by atoms with Crippen LogP contribution in [0.2, 0.25) is 0 Å². The Bertz CT molecular complexity index is 234. The Morgan fingerprint density at radius 2 is 1.53 bits per heavy atom. The molecule has 2 amide bonds. The number of nitrogens with zero attached hydrogens (tertiary/aromatic N) is 2. The molecule has 0 aromatic carbocycles. The predicted molar refractivity (Wildman–Crippen MR) is 63.4 cm³/mol. The van der Waals surface area contributed by atoms with Crippen LogP contribution in [0.25, 0.3) is 0 Å². The maximum absolute atomic E-state index is 11.8. The van der Waals surface area contributed by atoms with Crippen molar-refractivity contribution in [3.8, 4) is 0 Å². The Kier molecular flexibility index (Phi) is 7.49. The van der Waals surface area contributed by atoms with E-state index in [1.54, 1.807) is 28.2 Å². The minimum absolute atomic E-state index is 0.0616. The summed E-state index contributed by atoms with van der Waals surface area (Å²) in [6, 6.07) is 0. The summed E-state index contributed by atoms with van der Waals surface area (Å²) in [6.07, 6.45) is 0.327. The molecule has 0 aromatic heterocycles. The van der Waals surface area contributed by atoms with E-state index >= 15 is 0 Å². The third-order valence-electron chi connectivity index (χ3n) is 2.26. The number of amides is 2. The largest absolute Gasteiger partial charge is 0.394 e. The molecule has 6 nitrogen and oxygen atoms in total. The molecule has 17 heavy (non-hydrogen) atoms. The number of ether oxygens (including phenoxy) is 1. The highest BCUT2D eigenvalue weighted by Gasteiger charge is 2.28. The fourth-order valence-corrected chi connectivity index (χ4v) is 1.34. The lowest BCUT2D eigenvalue weighted by Gasteiger charge is -2.22. The summed E-state index contributed by atoms with van der Waals surface area (Å²) in [4.78, 5) is 26.5. The highest BCUT2D eigenvalue weighted by Crippen LogP contribution is 2.10. The fourth-order valence-electron chi connectivity index (χ4n) is 1.34. The molecule has 0 aliphatic rings. The van der Waals surface area contributed by atoms with Crippen molar-refractivity contribution in [1.82, 2.24) is 9.80 Å². The van der Waals surface area contributed by atoms with Crippen molar-refractivity contribution in [2.45, 2.75) is 6.42 Å². The van der Waals surface area contributed by atoms with Crippen molar-refractivity contribution >= 4 is 11.8 Å². The summed E-state index contributed by atoms with van der Waals surface area (Å²) >= 11 is 0. The number of hydrogen-bond donors (Lipinski definition) is 1. The molecule has 0 radical (unpaired) electrons. The third-order valence-corrected chi connectivity index (χ3v) is 2.26. The maximum atomic E-state index is 11.8. The maximum Gasteiger partial charge on any atom is 0.234 e. The Balaban J connectivity index is 4.41. The molecular weight excluding hydrogens is 224 g/mol. The highest BCUT2D eigenvalue weighted by molar-refractivity contribution is 5.99. The van der Waals surface area contributed by atoms with Crippen molar-refractivity contribution in [2.24, 2.45) is 5.92 Å². The number of carbonyl (C=O) groups is 2. The summed E-state index contributed by atoms with van der Waals surface area (Å²) in [5.74, 6) is -1.16. The van der Waals surface area contributed by atoms with Crippen LogP contribution in [0, 0.1) is 5.92 Å². The third kappa shape index (κ3) is 5.65. The molecular formula is C11H22N2O4. The van der Waals surface area contributed by atoms with Crippen LogP contribution in [-0.4, -0.2) is 74.7 Å². The van der Waals surface area contributed by atoms with Gasteiger partial charge in [-0.2, -0.15) is 0 Å². The fraction of sp³-hybridized carbons (Fsp3) is 0.818. The van der Waals surface area contributed by atoms with Gasteiger partial charge in [0.1, 0.15) is 5.92 Å². The molecule has 0 spiro atoms. The molecule has 0 aromatic rings. The van der Waals surface area contributed by atoms with E-state index < -0.39 is 5.92 Å². The van der Waals surface area contributed by atoms with E-state index in [-0.39, 0.29) is 31.6 Å². The highest BCUT2D eigenvalue weighted by atomic mass is 16.5. The molecule has 1 N–H and O–H groups in total. The van der Waals surface area contributed by atoms with Gasteiger partial charge in [-0.3, -0.25) is 9.59 Å². The second-order valence-corrected chi connectivity index (χ2v) is 4.14. The quantitative estimate of drug-likeness (QED) is 0.470. The van der Waals surface area contributed by atoms with Gasteiger partial charge in [0, 0.05) is 34.8 Å². The Morgan fingerprint density at radius 3 is 1.88 bits per heavy atom. The van der Waals surface area contributed by atoms with Gasteiger partial charge in [-0.15, -0.1) is 0 Å². The Morgan fingerprint density at radius 1 is 1.06 bits per heavy atom. The zero-order valence-corrected chi connectivity index (χ0v) is 11.0. The van der Waals surface area contributed by atoms with Gasteiger partial charge in [0.25, 0.3) is 0 Å². The SMILES string of the molecule is CN(C)C(=O)C(CCOCCO)C(=O)N(C)C. The number of aliphatic hydroxyl groups excluding tert-OH is 1. The molecule has 0 aliphatic heterocycles. The molecule has 0 heterocycles. The molecule has 0 bridgehead atoms. The first-order chi connectivity index (χ1) is 7.91. The second-order valence-electron chi connectivity index (χ2n) is 4.14. The van der Waals surface area contributed by atoms with Gasteiger partial charge in [-0.25, -0.2) is 0 Å². The molecule has 0 saturated heterocycles. The first-order valence-corrected chi connectivity index (χ1v) is 5.52. The lowest BCUT2D eigenvalue weighted by atomic mass is 10.0. The summed E-state index contributed by atoms with van der Waals surface area (Å²) in [5, 5.41) is 8.55. The average molecular weight is 246 g/mol. The zero-order valence-electron chi connectivity index (χ0n) is 11.0. The molecule has 0 atom stereocenters. The minimum atomic E-state index is -0.710. The minimum Gasteiger partial charge on any atom is -0.394 e. The topological polar surface area (TPSA) is 70.1 Å². The Labute approximate surface area is 102 Å². The van der Waals surface area contributed by atoms with Crippen molar-refractivity contribution < 1.29 is 19.4 Å². The van der Waals surface area contributed by atoms with Gasteiger partial charge in [0.2, 0.25) is 11.8 Å². The first kappa shape index (κ1) is 15.9. The normalized spacial score (nSPS) is 10.5. The van der Waals surface area contributed by atoms with Gasteiger partial charge in [-0.05, 0) is 6.42 Å². The van der Waals surface area contributed by atoms with Crippen molar-refractivity contribution in [3.63, 3.8) is 0 Å². The molecule has 100 valence electrons. The number of aliphatic hydroxyl groups is 1. The van der Waals surface area contributed by atoms with E-state index in [0.717, 1.165) is 0 Å². The van der Waals surface area contributed by atoms with Gasteiger partial charge in [-0.1, -0.05) is 0 Å². The zero-order chi connectivity index (χ0) is 13.4. The van der Waals surface area contributed by atoms with E-state index in [1.807, 2.05) is 0 Å².